The van der Waals surface area contributed by atoms with Crippen LogP contribution in [0.2, 0.25) is 0 Å². The fourth-order valence-electron chi connectivity index (χ4n) is 5.86. The molecule has 38 heavy (non-hydrogen) atoms. The van der Waals surface area contributed by atoms with Crippen molar-refractivity contribution >= 4 is 33.1 Å². The lowest BCUT2D eigenvalue weighted by Crippen LogP contribution is -2.43. The van der Waals surface area contributed by atoms with Crippen LogP contribution in [0.5, 0.6) is 17.2 Å². The molecular formula is C28H36N2O7S. The first-order valence-electron chi connectivity index (χ1n) is 12.9. The van der Waals surface area contributed by atoms with E-state index in [0.717, 1.165) is 6.42 Å². The Hall–Kier alpha value is -3.27. The Kier molecular flexibility index (Phi) is 7.65. The molecule has 1 amide bonds. The highest BCUT2D eigenvalue weighted by atomic mass is 32.2. The summed E-state index contributed by atoms with van der Waals surface area (Å²) in [6.45, 7) is 8.14. The number of anilines is 2. The van der Waals surface area contributed by atoms with Crippen molar-refractivity contribution in [1.29, 1.82) is 0 Å². The summed E-state index contributed by atoms with van der Waals surface area (Å²) in [4.78, 5) is 25.8. The monoisotopic (exact) mass is 544 g/mol. The van der Waals surface area contributed by atoms with Gasteiger partial charge in [0.1, 0.15) is 23.0 Å². The van der Waals surface area contributed by atoms with Crippen LogP contribution in [-0.4, -0.2) is 46.2 Å². The Balaban J connectivity index is 1.63. The molecule has 206 valence electrons. The molecule has 0 heterocycles. The van der Waals surface area contributed by atoms with E-state index >= 15 is 0 Å². The van der Waals surface area contributed by atoms with Crippen molar-refractivity contribution in [2.75, 3.05) is 36.1 Å². The molecule has 10 heteroatoms. The standard InChI is InChI=1S/C28H36N2O7S/c1-6-36-23-16-22(30-38(33,34)17-28-13-12-19(14-25(28)31)27(28,3)4)24(37-7-2)15-21(23)29-26(32)18-8-10-20(35-5)11-9-18/h8-11,15-16,19,30H,6-7,12-14,17H2,1-5H3,(H,29,32). The van der Waals surface area contributed by atoms with Gasteiger partial charge in [0.2, 0.25) is 10.0 Å². The topological polar surface area (TPSA) is 120 Å². The minimum Gasteiger partial charge on any atom is -0.497 e. The minimum absolute atomic E-state index is 0.0285. The number of carbonyl (C=O) groups excluding carboxylic acids is 2. The van der Waals surface area contributed by atoms with E-state index in [0.29, 0.717) is 36.4 Å². The van der Waals surface area contributed by atoms with Crippen LogP contribution in [0.15, 0.2) is 36.4 Å². The number of rotatable bonds is 11. The third-order valence-corrected chi connectivity index (χ3v) is 9.53. The maximum Gasteiger partial charge on any atom is 0.255 e. The number of hydrogen-bond donors (Lipinski definition) is 2. The molecule has 4 rings (SSSR count). The van der Waals surface area contributed by atoms with E-state index < -0.39 is 15.4 Å². The summed E-state index contributed by atoms with van der Waals surface area (Å²) in [5, 5.41) is 2.83. The second-order valence-electron chi connectivity index (χ2n) is 10.4. The number of amides is 1. The average molecular weight is 545 g/mol. The van der Waals surface area contributed by atoms with Gasteiger partial charge in [-0.1, -0.05) is 13.8 Å². The van der Waals surface area contributed by atoms with Crippen molar-refractivity contribution in [2.45, 2.75) is 47.0 Å². The highest BCUT2D eigenvalue weighted by molar-refractivity contribution is 7.92. The van der Waals surface area contributed by atoms with Gasteiger partial charge in [0, 0.05) is 24.1 Å². The lowest BCUT2D eigenvalue weighted by atomic mass is 9.70. The fourth-order valence-corrected chi connectivity index (χ4v) is 7.75. The summed E-state index contributed by atoms with van der Waals surface area (Å²) in [5.74, 6) is 0.732. The van der Waals surface area contributed by atoms with E-state index in [1.807, 2.05) is 13.8 Å². The number of hydrogen-bond acceptors (Lipinski definition) is 7. The third kappa shape index (κ3) is 5.06. The van der Waals surface area contributed by atoms with Crippen LogP contribution in [0.1, 0.15) is 57.3 Å². The number of ketones is 1. The minimum atomic E-state index is -3.93. The van der Waals surface area contributed by atoms with E-state index in [-0.39, 0.29) is 52.6 Å². The summed E-state index contributed by atoms with van der Waals surface area (Å²) in [5.41, 5.74) is -0.345. The van der Waals surface area contributed by atoms with Gasteiger partial charge in [0.25, 0.3) is 5.91 Å². The zero-order chi connectivity index (χ0) is 27.7. The number of carbonyl (C=O) groups is 2. The Morgan fingerprint density at radius 2 is 1.63 bits per heavy atom. The van der Waals surface area contributed by atoms with E-state index in [2.05, 4.69) is 10.0 Å². The van der Waals surface area contributed by atoms with Gasteiger partial charge < -0.3 is 19.5 Å². The first-order valence-corrected chi connectivity index (χ1v) is 14.5. The van der Waals surface area contributed by atoms with Crippen LogP contribution in [-0.2, 0) is 14.8 Å². The molecule has 0 saturated heterocycles. The number of sulfonamides is 1. The third-order valence-electron chi connectivity index (χ3n) is 8.12. The summed E-state index contributed by atoms with van der Waals surface area (Å²) in [7, 11) is -2.38. The van der Waals surface area contributed by atoms with Crippen molar-refractivity contribution in [3.8, 4) is 17.2 Å². The Labute approximate surface area is 224 Å². The number of ether oxygens (including phenoxy) is 3. The van der Waals surface area contributed by atoms with Gasteiger partial charge >= 0.3 is 0 Å². The number of Topliss-reactive ketones (excluding diaryl/α,β-unsaturated/α-hetero) is 1. The second kappa shape index (κ2) is 10.5. The molecular weight excluding hydrogens is 508 g/mol. The lowest BCUT2D eigenvalue weighted by Gasteiger charge is -2.36. The predicted octanol–water partition coefficient (Wildman–Crippen LogP) is 4.88. The molecule has 2 fully saturated rings. The van der Waals surface area contributed by atoms with Crippen LogP contribution in [0.25, 0.3) is 0 Å². The highest BCUT2D eigenvalue weighted by Crippen LogP contribution is 2.64. The summed E-state index contributed by atoms with van der Waals surface area (Å²) in [6, 6.07) is 9.70. The Morgan fingerprint density at radius 3 is 2.16 bits per heavy atom. The first kappa shape index (κ1) is 27.8. The maximum atomic E-state index is 13.5. The van der Waals surface area contributed by atoms with Crippen LogP contribution < -0.4 is 24.2 Å². The van der Waals surface area contributed by atoms with Crippen molar-refractivity contribution in [3.63, 3.8) is 0 Å². The zero-order valence-electron chi connectivity index (χ0n) is 22.6. The normalized spacial score (nSPS) is 21.7. The molecule has 9 nitrogen and oxygen atoms in total. The molecule has 2 unspecified atom stereocenters. The van der Waals surface area contributed by atoms with Gasteiger partial charge in [0.05, 0.1) is 42.9 Å². The van der Waals surface area contributed by atoms with Gasteiger partial charge in [-0.3, -0.25) is 14.3 Å². The van der Waals surface area contributed by atoms with Crippen LogP contribution in [0, 0.1) is 16.7 Å². The largest absolute Gasteiger partial charge is 0.497 e. The predicted molar refractivity (Wildman–Crippen MR) is 146 cm³/mol. The molecule has 0 radical (unpaired) electrons. The van der Waals surface area contributed by atoms with Crippen molar-refractivity contribution in [1.82, 2.24) is 0 Å². The highest BCUT2D eigenvalue weighted by Gasteiger charge is 2.65. The number of methoxy groups -OCH3 is 1. The molecule has 0 aliphatic heterocycles. The Morgan fingerprint density at radius 1 is 1.03 bits per heavy atom. The smallest absolute Gasteiger partial charge is 0.255 e. The lowest BCUT2D eigenvalue weighted by molar-refractivity contribution is -0.128. The van der Waals surface area contributed by atoms with Crippen molar-refractivity contribution < 1.29 is 32.2 Å². The molecule has 2 saturated carbocycles. The number of nitrogens with one attached hydrogen (secondary N) is 2. The van der Waals surface area contributed by atoms with Crippen LogP contribution in [0.3, 0.4) is 0 Å². The van der Waals surface area contributed by atoms with Crippen molar-refractivity contribution in [2.24, 2.45) is 16.7 Å². The second-order valence-corrected chi connectivity index (χ2v) is 12.1. The molecule has 2 aromatic rings. The van der Waals surface area contributed by atoms with Gasteiger partial charge in [0.15, 0.2) is 0 Å². The van der Waals surface area contributed by atoms with E-state index in [9.17, 15) is 18.0 Å². The summed E-state index contributed by atoms with van der Waals surface area (Å²) in [6.07, 6.45) is 1.86. The molecule has 2 bridgehead atoms. The molecule has 2 aliphatic rings. The first-order chi connectivity index (χ1) is 18.0. The summed E-state index contributed by atoms with van der Waals surface area (Å²) < 4.78 is 46.2. The zero-order valence-corrected chi connectivity index (χ0v) is 23.4. The van der Waals surface area contributed by atoms with Crippen molar-refractivity contribution in [3.05, 3.63) is 42.0 Å². The molecule has 0 spiro atoms. The average Bonchev–Trinajstić information content (AvgIpc) is 3.20. The fraction of sp³-hybridized carbons (Fsp3) is 0.500. The molecule has 2 N–H and O–H groups in total. The SMILES string of the molecule is CCOc1cc(NS(=O)(=O)CC23CCC(CC2=O)C3(C)C)c(OCC)cc1NC(=O)c1ccc(OC)cc1. The van der Waals surface area contributed by atoms with E-state index in [1.54, 1.807) is 51.3 Å². The van der Waals surface area contributed by atoms with E-state index in [1.165, 1.54) is 6.07 Å². The molecule has 2 aromatic carbocycles. The maximum absolute atomic E-state index is 13.5. The van der Waals surface area contributed by atoms with Gasteiger partial charge in [-0.15, -0.1) is 0 Å². The molecule has 2 aliphatic carbocycles. The molecule has 0 aromatic heterocycles. The number of benzene rings is 2. The van der Waals surface area contributed by atoms with Gasteiger partial charge in [-0.2, -0.15) is 0 Å². The molecule has 2 atom stereocenters. The van der Waals surface area contributed by atoms with Crippen LogP contribution in [0.4, 0.5) is 11.4 Å². The number of fused-ring (bicyclic) bond motifs is 2. The van der Waals surface area contributed by atoms with Gasteiger partial charge in [-0.25, -0.2) is 8.42 Å². The van der Waals surface area contributed by atoms with E-state index in [4.69, 9.17) is 14.2 Å². The van der Waals surface area contributed by atoms with Crippen LogP contribution >= 0.6 is 0 Å². The Bertz CT molecular complexity index is 1320. The van der Waals surface area contributed by atoms with Gasteiger partial charge in [-0.05, 0) is 62.3 Å². The summed E-state index contributed by atoms with van der Waals surface area (Å²) >= 11 is 0. The quantitative estimate of drug-likeness (QED) is 0.414.